The van der Waals surface area contributed by atoms with E-state index in [0.717, 1.165) is 32.4 Å². The predicted molar refractivity (Wildman–Crippen MR) is 76.8 cm³/mol. The van der Waals surface area contributed by atoms with E-state index < -0.39 is 0 Å². The zero-order valence-electron chi connectivity index (χ0n) is 11.8. The lowest BCUT2D eigenvalue weighted by Gasteiger charge is -2.29. The summed E-state index contributed by atoms with van der Waals surface area (Å²) in [5.74, 6) is -0.00102. The Kier molecular flexibility index (Phi) is 3.61. The van der Waals surface area contributed by atoms with Crippen LogP contribution in [0.2, 0.25) is 0 Å². The predicted octanol–water partition coefficient (Wildman–Crippen LogP) is 0.742. The van der Waals surface area contributed by atoms with Gasteiger partial charge >= 0.3 is 0 Å². The van der Waals surface area contributed by atoms with Gasteiger partial charge < -0.3 is 14.8 Å². The van der Waals surface area contributed by atoms with Gasteiger partial charge in [-0.05, 0) is 38.3 Å². The average molecular weight is 275 g/mol. The molecule has 2 unspecified atom stereocenters. The highest BCUT2D eigenvalue weighted by Crippen LogP contribution is 2.26. The van der Waals surface area contributed by atoms with Gasteiger partial charge in [0.1, 0.15) is 0 Å². The molecular weight excluding hydrogens is 254 g/mol. The topological polar surface area (TPSA) is 54.3 Å². The van der Waals surface area contributed by atoms with Crippen LogP contribution >= 0.6 is 0 Å². The molecule has 0 saturated carbocycles. The minimum Gasteiger partial charge on any atom is -0.334 e. The van der Waals surface area contributed by atoms with E-state index in [1.807, 2.05) is 4.90 Å². The summed E-state index contributed by atoms with van der Waals surface area (Å²) in [4.78, 5) is 26.3. The molecule has 0 radical (unpaired) electrons. The number of carbonyl (C=O) groups is 1. The van der Waals surface area contributed by atoms with Crippen LogP contribution in [0.5, 0.6) is 0 Å². The van der Waals surface area contributed by atoms with Crippen LogP contribution in [-0.4, -0.2) is 40.5 Å². The Morgan fingerprint density at radius 3 is 2.90 bits per heavy atom. The molecule has 2 aliphatic heterocycles. The normalized spacial score (nSPS) is 26.1. The first-order valence-corrected chi connectivity index (χ1v) is 7.38. The summed E-state index contributed by atoms with van der Waals surface area (Å²) in [6.07, 6.45) is 6.11. The summed E-state index contributed by atoms with van der Waals surface area (Å²) in [5, 5.41) is 3.50. The Balaban J connectivity index is 1.81. The number of rotatable bonds is 2. The van der Waals surface area contributed by atoms with E-state index in [9.17, 15) is 9.59 Å². The molecule has 2 fully saturated rings. The van der Waals surface area contributed by atoms with Gasteiger partial charge in [-0.3, -0.25) is 9.59 Å². The summed E-state index contributed by atoms with van der Waals surface area (Å²) < 4.78 is 1.48. The van der Waals surface area contributed by atoms with Crippen molar-refractivity contribution in [3.05, 3.63) is 34.2 Å². The number of pyridine rings is 1. The van der Waals surface area contributed by atoms with E-state index >= 15 is 0 Å². The zero-order chi connectivity index (χ0) is 14.1. The molecule has 2 saturated heterocycles. The van der Waals surface area contributed by atoms with Crippen molar-refractivity contribution in [3.63, 3.8) is 0 Å². The van der Waals surface area contributed by atoms with Crippen molar-refractivity contribution in [1.82, 2.24) is 14.8 Å². The highest BCUT2D eigenvalue weighted by atomic mass is 16.2. The first-order valence-electron chi connectivity index (χ1n) is 7.38. The summed E-state index contributed by atoms with van der Waals surface area (Å²) in [6.45, 7) is 1.85. The average Bonchev–Trinajstić information content (AvgIpc) is 3.10. The SMILES string of the molecule is Cn1ccc(C(=O)N2CCCC2C2CCCN2)cc1=O. The van der Waals surface area contributed by atoms with Gasteiger partial charge in [0.15, 0.2) is 0 Å². The van der Waals surface area contributed by atoms with Crippen molar-refractivity contribution < 1.29 is 4.79 Å². The number of hydrogen-bond donors (Lipinski definition) is 1. The summed E-state index contributed by atoms with van der Waals surface area (Å²) in [6, 6.07) is 3.89. The van der Waals surface area contributed by atoms with Crippen LogP contribution in [-0.2, 0) is 7.05 Å². The Hall–Kier alpha value is -1.62. The van der Waals surface area contributed by atoms with Crippen molar-refractivity contribution in [2.45, 2.75) is 37.8 Å². The second-order valence-electron chi connectivity index (χ2n) is 5.78. The van der Waals surface area contributed by atoms with Gasteiger partial charge in [0, 0.05) is 43.5 Å². The maximum absolute atomic E-state index is 12.6. The second kappa shape index (κ2) is 5.40. The maximum Gasteiger partial charge on any atom is 0.254 e. The number of hydrogen-bond acceptors (Lipinski definition) is 3. The lowest BCUT2D eigenvalue weighted by atomic mass is 10.0. The Bertz CT molecular complexity index is 560. The van der Waals surface area contributed by atoms with E-state index in [1.54, 1.807) is 19.3 Å². The lowest BCUT2D eigenvalue weighted by molar-refractivity contribution is 0.0711. The van der Waals surface area contributed by atoms with Crippen molar-refractivity contribution in [3.8, 4) is 0 Å². The number of nitrogens with one attached hydrogen (secondary N) is 1. The first kappa shape index (κ1) is 13.4. The Labute approximate surface area is 118 Å². The van der Waals surface area contributed by atoms with Crippen LogP contribution < -0.4 is 10.9 Å². The molecule has 1 amide bonds. The van der Waals surface area contributed by atoms with Gasteiger partial charge in [-0.1, -0.05) is 0 Å². The van der Waals surface area contributed by atoms with E-state index in [2.05, 4.69) is 5.32 Å². The molecular formula is C15H21N3O2. The molecule has 1 N–H and O–H groups in total. The number of aromatic nitrogens is 1. The van der Waals surface area contributed by atoms with Crippen molar-refractivity contribution in [2.75, 3.05) is 13.1 Å². The second-order valence-corrected chi connectivity index (χ2v) is 5.78. The lowest BCUT2D eigenvalue weighted by Crippen LogP contribution is -2.46. The zero-order valence-corrected chi connectivity index (χ0v) is 11.8. The number of nitrogens with zero attached hydrogens (tertiary/aromatic N) is 2. The van der Waals surface area contributed by atoms with Gasteiger partial charge in [0.25, 0.3) is 11.5 Å². The largest absolute Gasteiger partial charge is 0.334 e. The molecule has 0 spiro atoms. The van der Waals surface area contributed by atoms with Gasteiger partial charge in [-0.25, -0.2) is 0 Å². The van der Waals surface area contributed by atoms with E-state index in [4.69, 9.17) is 0 Å². The van der Waals surface area contributed by atoms with E-state index in [-0.39, 0.29) is 17.5 Å². The number of aryl methyl sites for hydroxylation is 1. The number of carbonyl (C=O) groups excluding carboxylic acids is 1. The van der Waals surface area contributed by atoms with Crippen LogP contribution in [0.3, 0.4) is 0 Å². The molecule has 3 heterocycles. The molecule has 2 atom stereocenters. The Morgan fingerprint density at radius 1 is 1.35 bits per heavy atom. The molecule has 5 nitrogen and oxygen atoms in total. The third-order valence-electron chi connectivity index (χ3n) is 4.47. The standard InChI is InChI=1S/C15H21N3O2/c1-17-9-6-11(10-14(17)19)15(20)18-8-3-5-13(18)12-4-2-7-16-12/h6,9-10,12-13,16H,2-5,7-8H2,1H3. The van der Waals surface area contributed by atoms with Gasteiger partial charge in [-0.15, -0.1) is 0 Å². The van der Waals surface area contributed by atoms with Crippen LogP contribution in [0.4, 0.5) is 0 Å². The van der Waals surface area contributed by atoms with E-state index in [0.29, 0.717) is 11.6 Å². The van der Waals surface area contributed by atoms with Gasteiger partial charge in [0.2, 0.25) is 0 Å². The molecule has 0 aromatic carbocycles. The van der Waals surface area contributed by atoms with Crippen molar-refractivity contribution in [2.24, 2.45) is 7.05 Å². The molecule has 3 rings (SSSR count). The maximum atomic E-state index is 12.6. The summed E-state index contributed by atoms with van der Waals surface area (Å²) in [5.41, 5.74) is 0.378. The molecule has 2 aliphatic rings. The fraction of sp³-hybridized carbons (Fsp3) is 0.600. The van der Waals surface area contributed by atoms with Crippen molar-refractivity contribution >= 4 is 5.91 Å². The minimum absolute atomic E-state index is 0.00102. The van der Waals surface area contributed by atoms with Gasteiger partial charge in [-0.2, -0.15) is 0 Å². The number of likely N-dealkylation sites (tertiary alicyclic amines) is 1. The summed E-state index contributed by atoms with van der Waals surface area (Å²) >= 11 is 0. The third-order valence-corrected chi connectivity index (χ3v) is 4.47. The van der Waals surface area contributed by atoms with Gasteiger partial charge in [0.05, 0.1) is 0 Å². The quantitative estimate of drug-likeness (QED) is 0.866. The van der Waals surface area contributed by atoms with E-state index in [1.165, 1.54) is 17.1 Å². The Morgan fingerprint density at radius 2 is 2.20 bits per heavy atom. The summed E-state index contributed by atoms with van der Waals surface area (Å²) in [7, 11) is 1.69. The smallest absolute Gasteiger partial charge is 0.254 e. The molecule has 0 aliphatic carbocycles. The van der Waals surface area contributed by atoms with Crippen LogP contribution in [0, 0.1) is 0 Å². The molecule has 1 aromatic rings. The fourth-order valence-corrected chi connectivity index (χ4v) is 3.35. The molecule has 5 heteroatoms. The minimum atomic E-state index is -0.134. The monoisotopic (exact) mass is 275 g/mol. The highest BCUT2D eigenvalue weighted by molar-refractivity contribution is 5.94. The number of amides is 1. The molecule has 108 valence electrons. The van der Waals surface area contributed by atoms with Crippen LogP contribution in [0.15, 0.2) is 23.1 Å². The van der Waals surface area contributed by atoms with Crippen LogP contribution in [0.1, 0.15) is 36.0 Å². The molecule has 20 heavy (non-hydrogen) atoms. The fourth-order valence-electron chi connectivity index (χ4n) is 3.35. The van der Waals surface area contributed by atoms with Crippen molar-refractivity contribution in [1.29, 1.82) is 0 Å². The highest BCUT2D eigenvalue weighted by Gasteiger charge is 2.36. The molecule has 0 bridgehead atoms. The first-order chi connectivity index (χ1) is 9.66. The molecule has 1 aromatic heterocycles. The third kappa shape index (κ3) is 2.38. The van der Waals surface area contributed by atoms with Crippen LogP contribution in [0.25, 0.3) is 0 Å².